The van der Waals surface area contributed by atoms with Crippen molar-refractivity contribution in [2.75, 3.05) is 11.9 Å². The number of anilines is 1. The molecular formula is C16H24N2O. The smallest absolute Gasteiger partial charge is 0.322 e. The molecule has 3 nitrogen and oxygen atoms in total. The maximum atomic E-state index is 12.4. The number of amides is 2. The first kappa shape index (κ1) is 13.9. The molecule has 0 aromatic heterocycles. The van der Waals surface area contributed by atoms with Gasteiger partial charge in [-0.1, -0.05) is 19.1 Å². The zero-order valence-corrected chi connectivity index (χ0v) is 12.2. The highest BCUT2D eigenvalue weighted by molar-refractivity contribution is 5.90. The van der Waals surface area contributed by atoms with Crippen molar-refractivity contribution in [1.29, 1.82) is 0 Å². The molecule has 0 saturated carbocycles. The Labute approximate surface area is 116 Å². The van der Waals surface area contributed by atoms with Gasteiger partial charge in [-0.05, 0) is 56.7 Å². The lowest BCUT2D eigenvalue weighted by Gasteiger charge is -2.35. The molecule has 0 unspecified atom stereocenters. The van der Waals surface area contributed by atoms with Crippen LogP contribution < -0.4 is 5.32 Å². The Balaban J connectivity index is 2.09. The lowest BCUT2D eigenvalue weighted by molar-refractivity contribution is 0.160. The van der Waals surface area contributed by atoms with Crippen LogP contribution in [0.2, 0.25) is 0 Å². The summed E-state index contributed by atoms with van der Waals surface area (Å²) in [5.41, 5.74) is 3.30. The lowest BCUT2D eigenvalue weighted by atomic mass is 10.0. The third-order valence-electron chi connectivity index (χ3n) is 4.21. The van der Waals surface area contributed by atoms with Gasteiger partial charge in [0.1, 0.15) is 0 Å². The Morgan fingerprint density at radius 1 is 1.37 bits per heavy atom. The largest absolute Gasteiger partial charge is 0.322 e. The van der Waals surface area contributed by atoms with Crippen molar-refractivity contribution in [3.8, 4) is 0 Å². The Morgan fingerprint density at radius 3 is 2.89 bits per heavy atom. The van der Waals surface area contributed by atoms with Gasteiger partial charge in [0.15, 0.2) is 0 Å². The number of carbonyl (C=O) groups excluding carboxylic acids is 1. The molecule has 2 rings (SSSR count). The first-order chi connectivity index (χ1) is 9.13. The third-order valence-corrected chi connectivity index (χ3v) is 4.21. The summed E-state index contributed by atoms with van der Waals surface area (Å²) in [6.07, 6.45) is 4.54. The average Bonchev–Trinajstić information content (AvgIpc) is 2.43. The van der Waals surface area contributed by atoms with Crippen molar-refractivity contribution in [3.63, 3.8) is 0 Å². The fourth-order valence-corrected chi connectivity index (χ4v) is 2.77. The molecule has 1 aliphatic heterocycles. The SMILES string of the molecule is CC[C@@H]1CCCCN1C(=O)Nc1cccc(C)c1C. The van der Waals surface area contributed by atoms with Crippen molar-refractivity contribution in [3.05, 3.63) is 29.3 Å². The summed E-state index contributed by atoms with van der Waals surface area (Å²) in [5, 5.41) is 3.07. The van der Waals surface area contributed by atoms with Gasteiger partial charge in [-0.15, -0.1) is 0 Å². The van der Waals surface area contributed by atoms with Crippen molar-refractivity contribution in [1.82, 2.24) is 4.90 Å². The Hall–Kier alpha value is -1.51. The monoisotopic (exact) mass is 260 g/mol. The maximum absolute atomic E-state index is 12.4. The molecule has 1 fully saturated rings. The number of nitrogens with zero attached hydrogens (tertiary/aromatic N) is 1. The van der Waals surface area contributed by atoms with E-state index >= 15 is 0 Å². The highest BCUT2D eigenvalue weighted by atomic mass is 16.2. The molecule has 0 radical (unpaired) electrons. The summed E-state index contributed by atoms with van der Waals surface area (Å²) in [5.74, 6) is 0. The number of carbonyl (C=O) groups is 1. The fraction of sp³-hybridized carbons (Fsp3) is 0.562. The highest BCUT2D eigenvalue weighted by Crippen LogP contribution is 2.22. The standard InChI is InChI=1S/C16H24N2O/c1-4-14-9-5-6-11-18(14)16(19)17-15-10-7-8-12(2)13(15)3/h7-8,10,14H,4-6,9,11H2,1-3H3,(H,17,19)/t14-/m1/s1. The van der Waals surface area contributed by atoms with E-state index in [1.807, 2.05) is 17.0 Å². The number of benzene rings is 1. The first-order valence-corrected chi connectivity index (χ1v) is 7.27. The molecule has 1 saturated heterocycles. The quantitative estimate of drug-likeness (QED) is 0.853. The second-order valence-corrected chi connectivity index (χ2v) is 5.43. The van der Waals surface area contributed by atoms with Gasteiger partial charge in [-0.3, -0.25) is 0 Å². The van der Waals surface area contributed by atoms with Gasteiger partial charge in [-0.2, -0.15) is 0 Å². The second kappa shape index (κ2) is 6.09. The molecule has 1 N–H and O–H groups in total. The minimum Gasteiger partial charge on any atom is -0.322 e. The molecule has 1 heterocycles. The molecule has 1 aliphatic rings. The number of nitrogens with one attached hydrogen (secondary N) is 1. The molecule has 1 aromatic carbocycles. The lowest BCUT2D eigenvalue weighted by Crippen LogP contribution is -2.45. The maximum Gasteiger partial charge on any atom is 0.322 e. The van der Waals surface area contributed by atoms with E-state index in [0.29, 0.717) is 6.04 Å². The second-order valence-electron chi connectivity index (χ2n) is 5.43. The molecule has 19 heavy (non-hydrogen) atoms. The summed E-state index contributed by atoms with van der Waals surface area (Å²) >= 11 is 0. The molecule has 0 spiro atoms. The molecule has 1 atom stereocenters. The number of rotatable bonds is 2. The number of likely N-dealkylation sites (tertiary alicyclic amines) is 1. The number of hydrogen-bond acceptors (Lipinski definition) is 1. The molecule has 1 aromatic rings. The van der Waals surface area contributed by atoms with Gasteiger partial charge in [0, 0.05) is 18.3 Å². The van der Waals surface area contributed by atoms with E-state index in [-0.39, 0.29) is 6.03 Å². The average molecular weight is 260 g/mol. The van der Waals surface area contributed by atoms with Crippen molar-refractivity contribution in [2.24, 2.45) is 0 Å². The van der Waals surface area contributed by atoms with Gasteiger partial charge in [0.05, 0.1) is 0 Å². The molecule has 0 aliphatic carbocycles. The van der Waals surface area contributed by atoms with Crippen LogP contribution in [0.15, 0.2) is 18.2 Å². The summed E-state index contributed by atoms with van der Waals surface area (Å²) in [6.45, 7) is 7.17. The molecule has 3 heteroatoms. The minimum atomic E-state index is 0.0558. The number of piperidine rings is 1. The third kappa shape index (κ3) is 3.09. The van der Waals surface area contributed by atoms with Crippen molar-refractivity contribution < 1.29 is 4.79 Å². The zero-order valence-electron chi connectivity index (χ0n) is 12.2. The van der Waals surface area contributed by atoms with E-state index in [0.717, 1.165) is 37.1 Å². The summed E-state index contributed by atoms with van der Waals surface area (Å²) < 4.78 is 0. The van der Waals surface area contributed by atoms with Crippen LogP contribution in [0, 0.1) is 13.8 Å². The van der Waals surface area contributed by atoms with Crippen molar-refractivity contribution in [2.45, 2.75) is 52.5 Å². The Bertz CT molecular complexity index is 456. The number of hydrogen-bond donors (Lipinski definition) is 1. The van der Waals surface area contributed by atoms with Gasteiger partial charge >= 0.3 is 6.03 Å². The Kier molecular flexibility index (Phi) is 4.46. The van der Waals surface area contributed by atoms with Crippen LogP contribution in [0.1, 0.15) is 43.7 Å². The van der Waals surface area contributed by atoms with Gasteiger partial charge in [0.25, 0.3) is 0 Å². The van der Waals surface area contributed by atoms with E-state index < -0.39 is 0 Å². The van der Waals surface area contributed by atoms with Crippen LogP contribution in [0.5, 0.6) is 0 Å². The van der Waals surface area contributed by atoms with E-state index in [9.17, 15) is 4.79 Å². The molecular weight excluding hydrogens is 236 g/mol. The minimum absolute atomic E-state index is 0.0558. The van der Waals surface area contributed by atoms with E-state index in [1.165, 1.54) is 12.0 Å². The fourth-order valence-electron chi connectivity index (χ4n) is 2.77. The topological polar surface area (TPSA) is 32.3 Å². The van der Waals surface area contributed by atoms with Gasteiger partial charge in [-0.25, -0.2) is 4.79 Å². The predicted molar refractivity (Wildman–Crippen MR) is 79.6 cm³/mol. The summed E-state index contributed by atoms with van der Waals surface area (Å²) in [7, 11) is 0. The van der Waals surface area contributed by atoms with Crippen LogP contribution in [-0.2, 0) is 0 Å². The first-order valence-electron chi connectivity index (χ1n) is 7.27. The summed E-state index contributed by atoms with van der Waals surface area (Å²) in [4.78, 5) is 14.4. The zero-order chi connectivity index (χ0) is 13.8. The Morgan fingerprint density at radius 2 is 2.16 bits per heavy atom. The van der Waals surface area contributed by atoms with Crippen LogP contribution in [0.4, 0.5) is 10.5 Å². The van der Waals surface area contributed by atoms with Gasteiger partial charge in [0.2, 0.25) is 0 Å². The normalized spacial score (nSPS) is 19.3. The number of urea groups is 1. The number of aryl methyl sites for hydroxylation is 1. The van der Waals surface area contributed by atoms with Crippen LogP contribution in [0.3, 0.4) is 0 Å². The van der Waals surface area contributed by atoms with E-state index in [2.05, 4.69) is 32.2 Å². The van der Waals surface area contributed by atoms with E-state index in [4.69, 9.17) is 0 Å². The molecule has 2 amide bonds. The van der Waals surface area contributed by atoms with Crippen LogP contribution in [-0.4, -0.2) is 23.5 Å². The van der Waals surface area contributed by atoms with Crippen LogP contribution in [0.25, 0.3) is 0 Å². The van der Waals surface area contributed by atoms with Gasteiger partial charge < -0.3 is 10.2 Å². The highest BCUT2D eigenvalue weighted by Gasteiger charge is 2.25. The van der Waals surface area contributed by atoms with Crippen LogP contribution >= 0.6 is 0 Å². The van der Waals surface area contributed by atoms with E-state index in [1.54, 1.807) is 0 Å². The van der Waals surface area contributed by atoms with Crippen molar-refractivity contribution >= 4 is 11.7 Å². The summed E-state index contributed by atoms with van der Waals surface area (Å²) in [6, 6.07) is 6.50. The molecule has 0 bridgehead atoms. The predicted octanol–water partition coefficient (Wildman–Crippen LogP) is 4.10. The molecule has 104 valence electrons.